The molecule has 2 fully saturated rings. The van der Waals surface area contributed by atoms with Crippen molar-refractivity contribution in [2.45, 2.75) is 31.4 Å². The van der Waals surface area contributed by atoms with Crippen LogP contribution in [0.3, 0.4) is 0 Å². The fraction of sp³-hybridized carbons (Fsp3) is 0.538. The summed E-state index contributed by atoms with van der Waals surface area (Å²) in [6.45, 7) is 1.42. The number of aromatic carboxylic acids is 1. The summed E-state index contributed by atoms with van der Waals surface area (Å²) < 4.78 is 5.75. The molecule has 1 saturated heterocycles. The quantitative estimate of drug-likeness (QED) is 0.901. The van der Waals surface area contributed by atoms with E-state index in [1.54, 1.807) is 0 Å². The van der Waals surface area contributed by atoms with E-state index in [0.717, 1.165) is 25.8 Å². The molecule has 1 aromatic rings. The summed E-state index contributed by atoms with van der Waals surface area (Å²) in [4.78, 5) is 17.3. The minimum atomic E-state index is -1.01. The summed E-state index contributed by atoms with van der Waals surface area (Å²) in [5.74, 6) is -0.339. The van der Waals surface area contributed by atoms with Gasteiger partial charge in [-0.05, 0) is 25.3 Å². The molecule has 1 N–H and O–H groups in total. The van der Waals surface area contributed by atoms with Gasteiger partial charge in [-0.1, -0.05) is 11.6 Å². The van der Waals surface area contributed by atoms with Crippen molar-refractivity contribution >= 4 is 23.4 Å². The molecule has 6 heteroatoms. The van der Waals surface area contributed by atoms with Crippen molar-refractivity contribution in [3.63, 3.8) is 0 Å². The highest BCUT2D eigenvalue weighted by Crippen LogP contribution is 2.35. The van der Waals surface area contributed by atoms with Gasteiger partial charge in [0.1, 0.15) is 5.82 Å². The monoisotopic (exact) mass is 282 g/mol. The normalized spacial score (nSPS) is 26.3. The second kappa shape index (κ2) is 4.98. The van der Waals surface area contributed by atoms with Crippen molar-refractivity contribution in [2.75, 3.05) is 18.1 Å². The summed E-state index contributed by atoms with van der Waals surface area (Å²) in [5.41, 5.74) is 0.116. The zero-order chi connectivity index (χ0) is 13.4. The lowest BCUT2D eigenvalue weighted by molar-refractivity contribution is 0.0253. The van der Waals surface area contributed by atoms with Crippen LogP contribution in [-0.4, -0.2) is 41.4 Å². The van der Waals surface area contributed by atoms with Gasteiger partial charge >= 0.3 is 5.97 Å². The summed E-state index contributed by atoms with van der Waals surface area (Å²) in [6, 6.07) is 1.78. The Kier molecular flexibility index (Phi) is 3.33. The van der Waals surface area contributed by atoms with Crippen molar-refractivity contribution in [2.24, 2.45) is 0 Å². The topological polar surface area (TPSA) is 62.7 Å². The number of halogens is 1. The number of morpholine rings is 1. The van der Waals surface area contributed by atoms with Crippen molar-refractivity contribution in [1.82, 2.24) is 4.98 Å². The third-order valence-electron chi connectivity index (χ3n) is 3.82. The minimum Gasteiger partial charge on any atom is -0.478 e. The van der Waals surface area contributed by atoms with Crippen molar-refractivity contribution in [3.05, 3.63) is 22.8 Å². The fourth-order valence-corrected chi connectivity index (χ4v) is 3.22. The van der Waals surface area contributed by atoms with E-state index in [0.29, 0.717) is 23.5 Å². The van der Waals surface area contributed by atoms with Crippen LogP contribution in [0.25, 0.3) is 0 Å². The Hall–Kier alpha value is -1.33. The van der Waals surface area contributed by atoms with Gasteiger partial charge < -0.3 is 14.7 Å². The molecule has 0 amide bonds. The van der Waals surface area contributed by atoms with E-state index in [1.165, 1.54) is 12.3 Å². The number of nitrogens with zero attached hydrogens (tertiary/aromatic N) is 2. The van der Waals surface area contributed by atoms with Gasteiger partial charge in [0.25, 0.3) is 0 Å². The SMILES string of the molecule is O=C(O)c1cnc(N2CCOC3CCCC32)c(Cl)c1. The number of carboxylic acids is 1. The predicted octanol–water partition coefficient (Wildman–Crippen LogP) is 2.19. The summed E-state index contributed by atoms with van der Waals surface area (Å²) >= 11 is 6.19. The van der Waals surface area contributed by atoms with Gasteiger partial charge in [0.05, 0.1) is 29.3 Å². The van der Waals surface area contributed by atoms with Crippen LogP contribution in [0.15, 0.2) is 12.3 Å². The van der Waals surface area contributed by atoms with Crippen LogP contribution in [-0.2, 0) is 4.74 Å². The Morgan fingerprint density at radius 2 is 2.37 bits per heavy atom. The van der Waals surface area contributed by atoms with Crippen molar-refractivity contribution in [3.8, 4) is 0 Å². The minimum absolute atomic E-state index is 0.116. The first-order chi connectivity index (χ1) is 9.16. The number of carboxylic acid groups (broad SMARTS) is 1. The first-order valence-electron chi connectivity index (χ1n) is 6.44. The molecule has 2 atom stereocenters. The maximum Gasteiger partial charge on any atom is 0.337 e. The lowest BCUT2D eigenvalue weighted by Crippen LogP contribution is -2.49. The van der Waals surface area contributed by atoms with Crippen LogP contribution >= 0.6 is 11.6 Å². The molecule has 3 rings (SSSR count). The van der Waals surface area contributed by atoms with Crippen LogP contribution in [0, 0.1) is 0 Å². The van der Waals surface area contributed by atoms with Gasteiger partial charge in [0, 0.05) is 12.7 Å². The van der Waals surface area contributed by atoms with Crippen molar-refractivity contribution in [1.29, 1.82) is 0 Å². The molecule has 19 heavy (non-hydrogen) atoms. The Morgan fingerprint density at radius 1 is 1.53 bits per heavy atom. The number of anilines is 1. The molecular formula is C13H15ClN2O3. The zero-order valence-electron chi connectivity index (χ0n) is 10.4. The van der Waals surface area contributed by atoms with Crippen LogP contribution in [0.1, 0.15) is 29.6 Å². The van der Waals surface area contributed by atoms with E-state index in [-0.39, 0.29) is 11.7 Å². The number of aromatic nitrogens is 1. The van der Waals surface area contributed by atoms with E-state index in [9.17, 15) is 4.79 Å². The maximum atomic E-state index is 10.9. The van der Waals surface area contributed by atoms with Gasteiger partial charge in [-0.25, -0.2) is 9.78 Å². The highest BCUT2D eigenvalue weighted by Gasteiger charge is 2.37. The number of fused-ring (bicyclic) bond motifs is 1. The molecule has 0 aromatic carbocycles. The number of ether oxygens (including phenoxy) is 1. The molecule has 0 spiro atoms. The second-order valence-corrected chi connectivity index (χ2v) is 5.34. The molecule has 1 aromatic heterocycles. The van der Waals surface area contributed by atoms with E-state index in [2.05, 4.69) is 9.88 Å². The average Bonchev–Trinajstić information content (AvgIpc) is 2.86. The Balaban J connectivity index is 1.90. The van der Waals surface area contributed by atoms with Gasteiger partial charge in [0.15, 0.2) is 0 Å². The first kappa shape index (κ1) is 12.7. The number of pyridine rings is 1. The molecule has 1 saturated carbocycles. The zero-order valence-corrected chi connectivity index (χ0v) is 11.1. The summed E-state index contributed by atoms with van der Waals surface area (Å²) in [7, 11) is 0. The molecule has 2 aliphatic rings. The molecular weight excluding hydrogens is 268 g/mol. The van der Waals surface area contributed by atoms with E-state index >= 15 is 0 Å². The highest BCUT2D eigenvalue weighted by molar-refractivity contribution is 6.33. The number of carbonyl (C=O) groups is 1. The lowest BCUT2D eigenvalue weighted by Gasteiger charge is -2.38. The molecule has 2 unspecified atom stereocenters. The molecule has 2 heterocycles. The van der Waals surface area contributed by atoms with Gasteiger partial charge in [-0.2, -0.15) is 0 Å². The number of rotatable bonds is 2. The predicted molar refractivity (Wildman–Crippen MR) is 70.9 cm³/mol. The maximum absolute atomic E-state index is 10.9. The van der Waals surface area contributed by atoms with Crippen LogP contribution in [0.2, 0.25) is 5.02 Å². The van der Waals surface area contributed by atoms with Crippen molar-refractivity contribution < 1.29 is 14.6 Å². The molecule has 102 valence electrons. The van der Waals surface area contributed by atoms with E-state index < -0.39 is 5.97 Å². The first-order valence-corrected chi connectivity index (χ1v) is 6.81. The van der Waals surface area contributed by atoms with E-state index in [4.69, 9.17) is 21.4 Å². The smallest absolute Gasteiger partial charge is 0.337 e. The fourth-order valence-electron chi connectivity index (χ4n) is 2.95. The lowest BCUT2D eigenvalue weighted by atomic mass is 10.1. The number of hydrogen-bond donors (Lipinski definition) is 1. The Bertz CT molecular complexity index is 509. The Labute approximate surface area is 116 Å². The third-order valence-corrected chi connectivity index (χ3v) is 4.10. The Morgan fingerprint density at radius 3 is 3.11 bits per heavy atom. The van der Waals surface area contributed by atoms with Crippen LogP contribution < -0.4 is 4.90 Å². The number of hydrogen-bond acceptors (Lipinski definition) is 4. The molecule has 1 aliphatic heterocycles. The molecule has 0 bridgehead atoms. The molecule has 0 radical (unpaired) electrons. The van der Waals surface area contributed by atoms with Crippen LogP contribution in [0.4, 0.5) is 5.82 Å². The molecule has 5 nitrogen and oxygen atoms in total. The van der Waals surface area contributed by atoms with Gasteiger partial charge in [-0.3, -0.25) is 0 Å². The highest BCUT2D eigenvalue weighted by atomic mass is 35.5. The average molecular weight is 283 g/mol. The molecule has 1 aliphatic carbocycles. The van der Waals surface area contributed by atoms with Gasteiger partial charge in [0.2, 0.25) is 0 Å². The third kappa shape index (κ3) is 2.28. The van der Waals surface area contributed by atoms with Gasteiger partial charge in [-0.15, -0.1) is 0 Å². The second-order valence-electron chi connectivity index (χ2n) is 4.94. The largest absolute Gasteiger partial charge is 0.478 e. The summed E-state index contributed by atoms with van der Waals surface area (Å²) in [5, 5.41) is 9.32. The van der Waals surface area contributed by atoms with Crippen LogP contribution in [0.5, 0.6) is 0 Å². The van der Waals surface area contributed by atoms with E-state index in [1.807, 2.05) is 0 Å². The summed E-state index contributed by atoms with van der Waals surface area (Å²) in [6.07, 6.45) is 4.92. The standard InChI is InChI=1S/C13H15ClN2O3/c14-9-6-8(13(17)18)7-15-12(9)16-4-5-19-11-3-1-2-10(11)16/h6-7,10-11H,1-5H2,(H,17,18).